The monoisotopic (exact) mass is 371 g/mol. The van der Waals surface area contributed by atoms with E-state index < -0.39 is 10.0 Å². The zero-order valence-electron chi connectivity index (χ0n) is 14.0. The predicted octanol–water partition coefficient (Wildman–Crippen LogP) is 1.33. The lowest BCUT2D eigenvalue weighted by Crippen LogP contribution is -2.25. The molecule has 1 aromatic carbocycles. The summed E-state index contributed by atoms with van der Waals surface area (Å²) < 4.78 is 26.5. The number of nitrogens with one attached hydrogen (secondary N) is 1. The minimum Gasteiger partial charge on any atom is -0.320 e. The first-order chi connectivity index (χ1) is 12.3. The average Bonchev–Trinajstić information content (AvgIpc) is 3.21. The molecule has 0 saturated heterocycles. The SMILES string of the molecule is Cn1ncc2c1NC(=O)CC2c1cccn1-c1ccc(S(N)(=O)=O)cc1. The summed E-state index contributed by atoms with van der Waals surface area (Å²) in [6, 6.07) is 10.2. The largest absolute Gasteiger partial charge is 0.320 e. The lowest BCUT2D eigenvalue weighted by molar-refractivity contribution is -0.116. The van der Waals surface area contributed by atoms with Crippen LogP contribution in [0.15, 0.2) is 53.7 Å². The predicted molar refractivity (Wildman–Crippen MR) is 95.4 cm³/mol. The lowest BCUT2D eigenvalue weighted by Gasteiger charge is -2.24. The fourth-order valence-electron chi connectivity index (χ4n) is 3.31. The maximum absolute atomic E-state index is 12.1. The first kappa shape index (κ1) is 16.6. The topological polar surface area (TPSA) is 112 Å². The quantitative estimate of drug-likeness (QED) is 0.723. The van der Waals surface area contributed by atoms with Gasteiger partial charge in [0.2, 0.25) is 15.9 Å². The van der Waals surface area contributed by atoms with E-state index in [1.54, 1.807) is 30.1 Å². The standard InChI is InChI=1S/C17H17N5O3S/c1-21-17-14(10-19-21)13(9-16(23)20-17)15-3-2-8-22(15)11-4-6-12(7-5-11)26(18,24)25/h2-8,10,13H,9H2,1H3,(H,20,23)(H2,18,24,25). The first-order valence-electron chi connectivity index (χ1n) is 7.97. The maximum atomic E-state index is 12.1. The van der Waals surface area contributed by atoms with Crippen molar-refractivity contribution in [3.8, 4) is 5.69 Å². The molecule has 2 aromatic heterocycles. The third-order valence-corrected chi connectivity index (χ3v) is 5.50. The van der Waals surface area contributed by atoms with Crippen LogP contribution in [0.4, 0.5) is 5.82 Å². The van der Waals surface area contributed by atoms with Crippen LogP contribution in [-0.4, -0.2) is 28.7 Å². The number of fused-ring (bicyclic) bond motifs is 1. The highest BCUT2D eigenvalue weighted by Crippen LogP contribution is 2.37. The number of primary sulfonamides is 1. The molecule has 1 aliphatic heterocycles. The van der Waals surface area contributed by atoms with Crippen LogP contribution in [0, 0.1) is 0 Å². The van der Waals surface area contributed by atoms with Crippen LogP contribution in [-0.2, 0) is 21.9 Å². The number of carbonyl (C=O) groups excluding carboxylic acids is 1. The van der Waals surface area contributed by atoms with Gasteiger partial charge in [-0.15, -0.1) is 0 Å². The second-order valence-electron chi connectivity index (χ2n) is 6.22. The van der Waals surface area contributed by atoms with E-state index in [2.05, 4.69) is 10.4 Å². The summed E-state index contributed by atoms with van der Waals surface area (Å²) in [5.41, 5.74) is 2.67. The number of amides is 1. The Bertz CT molecular complexity index is 1100. The van der Waals surface area contributed by atoms with Crippen molar-refractivity contribution in [3.63, 3.8) is 0 Å². The molecule has 1 atom stereocenters. The molecule has 134 valence electrons. The van der Waals surface area contributed by atoms with Gasteiger partial charge in [-0.05, 0) is 36.4 Å². The van der Waals surface area contributed by atoms with Gasteiger partial charge in [0.25, 0.3) is 0 Å². The van der Waals surface area contributed by atoms with Gasteiger partial charge in [0.15, 0.2) is 0 Å². The summed E-state index contributed by atoms with van der Waals surface area (Å²) in [6.07, 6.45) is 3.96. The van der Waals surface area contributed by atoms with Gasteiger partial charge in [0.1, 0.15) is 5.82 Å². The minimum atomic E-state index is -3.74. The number of nitrogens with two attached hydrogens (primary N) is 1. The number of anilines is 1. The van der Waals surface area contributed by atoms with Crippen molar-refractivity contribution in [2.75, 3.05) is 5.32 Å². The second-order valence-corrected chi connectivity index (χ2v) is 7.78. The second kappa shape index (κ2) is 5.82. The maximum Gasteiger partial charge on any atom is 0.238 e. The Morgan fingerprint density at radius 2 is 1.96 bits per heavy atom. The number of benzene rings is 1. The molecular weight excluding hydrogens is 354 g/mol. The van der Waals surface area contributed by atoms with Gasteiger partial charge in [0.05, 0.1) is 11.1 Å². The summed E-state index contributed by atoms with van der Waals surface area (Å²) >= 11 is 0. The van der Waals surface area contributed by atoms with Gasteiger partial charge in [-0.1, -0.05) is 0 Å². The van der Waals surface area contributed by atoms with Crippen LogP contribution >= 0.6 is 0 Å². The molecule has 0 radical (unpaired) electrons. The minimum absolute atomic E-state index is 0.0570. The molecule has 1 amide bonds. The Labute approximate surface area is 150 Å². The van der Waals surface area contributed by atoms with Crippen molar-refractivity contribution < 1.29 is 13.2 Å². The van der Waals surface area contributed by atoms with Crippen molar-refractivity contribution in [2.24, 2.45) is 12.2 Å². The van der Waals surface area contributed by atoms with Crippen LogP contribution in [0.2, 0.25) is 0 Å². The molecule has 26 heavy (non-hydrogen) atoms. The number of carbonyl (C=O) groups is 1. The number of hydrogen-bond donors (Lipinski definition) is 2. The lowest BCUT2D eigenvalue weighted by atomic mass is 9.91. The molecule has 0 aliphatic carbocycles. The molecule has 1 aliphatic rings. The number of aryl methyl sites for hydroxylation is 1. The molecule has 8 nitrogen and oxygen atoms in total. The van der Waals surface area contributed by atoms with Crippen molar-refractivity contribution in [1.82, 2.24) is 14.3 Å². The van der Waals surface area contributed by atoms with E-state index >= 15 is 0 Å². The normalized spacial score (nSPS) is 17.0. The molecular formula is C17H17N5O3S. The molecule has 3 heterocycles. The molecule has 0 fully saturated rings. The fourth-order valence-corrected chi connectivity index (χ4v) is 3.83. The van der Waals surface area contributed by atoms with Crippen LogP contribution in [0.5, 0.6) is 0 Å². The van der Waals surface area contributed by atoms with E-state index in [4.69, 9.17) is 5.14 Å². The molecule has 0 spiro atoms. The number of sulfonamides is 1. The van der Waals surface area contributed by atoms with Gasteiger partial charge in [-0.3, -0.25) is 9.48 Å². The van der Waals surface area contributed by atoms with Crippen molar-refractivity contribution in [2.45, 2.75) is 17.2 Å². The molecule has 1 unspecified atom stereocenters. The molecule has 0 bridgehead atoms. The summed E-state index contributed by atoms with van der Waals surface area (Å²) in [4.78, 5) is 12.2. The third-order valence-electron chi connectivity index (χ3n) is 4.57. The number of rotatable bonds is 3. The Kier molecular flexibility index (Phi) is 3.70. The third kappa shape index (κ3) is 2.71. The average molecular weight is 371 g/mol. The van der Waals surface area contributed by atoms with Crippen LogP contribution in [0.1, 0.15) is 23.6 Å². The Morgan fingerprint density at radius 3 is 2.65 bits per heavy atom. The summed E-state index contributed by atoms with van der Waals surface area (Å²) in [5.74, 6) is 0.493. The van der Waals surface area contributed by atoms with Gasteiger partial charge in [0, 0.05) is 42.5 Å². The van der Waals surface area contributed by atoms with E-state index in [9.17, 15) is 13.2 Å². The summed E-state index contributed by atoms with van der Waals surface area (Å²) in [6.45, 7) is 0. The smallest absolute Gasteiger partial charge is 0.238 e. The van der Waals surface area contributed by atoms with E-state index in [1.807, 2.05) is 22.9 Å². The van der Waals surface area contributed by atoms with E-state index in [0.29, 0.717) is 12.2 Å². The highest BCUT2D eigenvalue weighted by atomic mass is 32.2. The number of aromatic nitrogens is 3. The van der Waals surface area contributed by atoms with Gasteiger partial charge >= 0.3 is 0 Å². The Morgan fingerprint density at radius 1 is 1.23 bits per heavy atom. The molecule has 4 rings (SSSR count). The highest BCUT2D eigenvalue weighted by molar-refractivity contribution is 7.89. The van der Waals surface area contributed by atoms with E-state index in [1.165, 1.54) is 12.1 Å². The summed E-state index contributed by atoms with van der Waals surface area (Å²) in [7, 11) is -1.95. The molecule has 9 heteroatoms. The Hall–Kier alpha value is -2.91. The van der Waals surface area contributed by atoms with Gasteiger partial charge < -0.3 is 9.88 Å². The fraction of sp³-hybridized carbons (Fsp3) is 0.176. The van der Waals surface area contributed by atoms with Gasteiger partial charge in [-0.2, -0.15) is 5.10 Å². The van der Waals surface area contributed by atoms with Gasteiger partial charge in [-0.25, -0.2) is 13.6 Å². The van der Waals surface area contributed by atoms with Crippen molar-refractivity contribution >= 4 is 21.7 Å². The van der Waals surface area contributed by atoms with Crippen molar-refractivity contribution in [1.29, 1.82) is 0 Å². The zero-order chi connectivity index (χ0) is 18.5. The summed E-state index contributed by atoms with van der Waals surface area (Å²) in [5, 5.41) is 12.3. The first-order valence-corrected chi connectivity index (χ1v) is 9.51. The molecule has 3 N–H and O–H groups in total. The highest BCUT2D eigenvalue weighted by Gasteiger charge is 2.31. The Balaban J connectivity index is 1.78. The van der Waals surface area contributed by atoms with Crippen LogP contribution in [0.25, 0.3) is 5.69 Å². The zero-order valence-corrected chi connectivity index (χ0v) is 14.8. The molecule has 3 aromatic rings. The van der Waals surface area contributed by atoms with E-state index in [0.717, 1.165) is 16.9 Å². The van der Waals surface area contributed by atoms with Crippen molar-refractivity contribution in [3.05, 3.63) is 60.0 Å². The molecule has 0 saturated carbocycles. The van der Waals surface area contributed by atoms with E-state index in [-0.39, 0.29) is 16.7 Å². The number of hydrogen-bond acceptors (Lipinski definition) is 4. The van der Waals surface area contributed by atoms with Crippen LogP contribution in [0.3, 0.4) is 0 Å². The number of nitrogens with zero attached hydrogens (tertiary/aromatic N) is 3. The van der Waals surface area contributed by atoms with Crippen LogP contribution < -0.4 is 10.5 Å².